The van der Waals surface area contributed by atoms with Crippen molar-refractivity contribution in [3.8, 4) is 0 Å². The van der Waals surface area contributed by atoms with E-state index in [2.05, 4.69) is 17.2 Å². The Morgan fingerprint density at radius 1 is 1.50 bits per heavy atom. The molecule has 3 nitrogen and oxygen atoms in total. The summed E-state index contributed by atoms with van der Waals surface area (Å²) in [4.78, 5) is 4.01. The number of hydrogen-bond acceptors (Lipinski definition) is 3. The van der Waals surface area contributed by atoms with Gasteiger partial charge in [-0.3, -0.25) is 0 Å². The van der Waals surface area contributed by atoms with Crippen LogP contribution < -0.4 is 5.32 Å². The van der Waals surface area contributed by atoms with Crippen LogP contribution in [0.1, 0.15) is 25.8 Å². The van der Waals surface area contributed by atoms with Crippen LogP contribution in [-0.4, -0.2) is 22.7 Å². The summed E-state index contributed by atoms with van der Waals surface area (Å²) in [5.41, 5.74) is 1.01. The third-order valence-electron chi connectivity index (χ3n) is 2.39. The summed E-state index contributed by atoms with van der Waals surface area (Å²) in [6, 6.07) is 3.84. The minimum Gasteiger partial charge on any atom is -0.393 e. The molecule has 0 amide bonds. The third-order valence-corrected chi connectivity index (χ3v) is 2.73. The van der Waals surface area contributed by atoms with Crippen LogP contribution in [0.5, 0.6) is 0 Å². The molecule has 0 aromatic carbocycles. The Kier molecular flexibility index (Phi) is 5.74. The molecular weight excluding hydrogens is 224 g/mol. The summed E-state index contributed by atoms with van der Waals surface area (Å²) < 4.78 is 0. The second-order valence-electron chi connectivity index (χ2n) is 4.27. The SMILES string of the molecule is CC(O)CC(C)CNCc1cccnc1Cl. The molecular formula is C12H19ClN2O. The van der Waals surface area contributed by atoms with Crippen molar-refractivity contribution in [2.24, 2.45) is 5.92 Å². The highest BCUT2D eigenvalue weighted by Crippen LogP contribution is 2.11. The van der Waals surface area contributed by atoms with Gasteiger partial charge in [-0.05, 0) is 31.9 Å². The molecule has 4 heteroatoms. The minimum atomic E-state index is -0.237. The van der Waals surface area contributed by atoms with Gasteiger partial charge in [-0.25, -0.2) is 4.98 Å². The number of aliphatic hydroxyl groups excluding tert-OH is 1. The summed E-state index contributed by atoms with van der Waals surface area (Å²) in [5, 5.41) is 13.1. The summed E-state index contributed by atoms with van der Waals surface area (Å²) in [5.74, 6) is 0.454. The Hall–Kier alpha value is -0.640. The first-order chi connectivity index (χ1) is 7.59. The van der Waals surface area contributed by atoms with Crippen molar-refractivity contribution in [1.82, 2.24) is 10.3 Å². The van der Waals surface area contributed by atoms with Crippen molar-refractivity contribution >= 4 is 11.6 Å². The zero-order chi connectivity index (χ0) is 12.0. The Morgan fingerprint density at radius 2 is 2.25 bits per heavy atom. The van der Waals surface area contributed by atoms with Crippen LogP contribution in [0.15, 0.2) is 18.3 Å². The van der Waals surface area contributed by atoms with Crippen molar-refractivity contribution in [2.45, 2.75) is 32.9 Å². The van der Waals surface area contributed by atoms with E-state index in [0.29, 0.717) is 11.1 Å². The lowest BCUT2D eigenvalue weighted by molar-refractivity contribution is 0.163. The molecule has 2 unspecified atom stereocenters. The number of rotatable bonds is 6. The number of aliphatic hydroxyl groups is 1. The van der Waals surface area contributed by atoms with Crippen LogP contribution in [0.25, 0.3) is 0 Å². The normalized spacial score (nSPS) is 14.8. The summed E-state index contributed by atoms with van der Waals surface area (Å²) >= 11 is 5.93. The van der Waals surface area contributed by atoms with E-state index in [9.17, 15) is 5.11 Å². The second-order valence-corrected chi connectivity index (χ2v) is 4.63. The smallest absolute Gasteiger partial charge is 0.133 e. The predicted octanol–water partition coefficient (Wildman–Crippen LogP) is 2.23. The van der Waals surface area contributed by atoms with Crippen molar-refractivity contribution in [3.63, 3.8) is 0 Å². The van der Waals surface area contributed by atoms with E-state index in [1.165, 1.54) is 0 Å². The number of hydrogen-bond donors (Lipinski definition) is 2. The lowest BCUT2D eigenvalue weighted by Crippen LogP contribution is -2.23. The zero-order valence-electron chi connectivity index (χ0n) is 9.78. The molecule has 0 aliphatic heterocycles. The maximum absolute atomic E-state index is 9.22. The van der Waals surface area contributed by atoms with E-state index in [4.69, 9.17) is 11.6 Å². The molecule has 0 aliphatic rings. The highest BCUT2D eigenvalue weighted by molar-refractivity contribution is 6.30. The first kappa shape index (κ1) is 13.4. The largest absolute Gasteiger partial charge is 0.393 e. The van der Waals surface area contributed by atoms with E-state index < -0.39 is 0 Å². The Balaban J connectivity index is 2.28. The molecule has 2 atom stereocenters. The molecule has 2 N–H and O–H groups in total. The van der Waals surface area contributed by atoms with Crippen LogP contribution >= 0.6 is 11.6 Å². The molecule has 1 aromatic rings. The Bertz CT molecular complexity index is 318. The molecule has 1 aromatic heterocycles. The van der Waals surface area contributed by atoms with Gasteiger partial charge < -0.3 is 10.4 Å². The van der Waals surface area contributed by atoms with Gasteiger partial charge in [-0.2, -0.15) is 0 Å². The zero-order valence-corrected chi connectivity index (χ0v) is 10.5. The molecule has 0 fully saturated rings. The van der Waals surface area contributed by atoms with Gasteiger partial charge in [0.25, 0.3) is 0 Å². The van der Waals surface area contributed by atoms with Crippen LogP contribution in [0.3, 0.4) is 0 Å². The maximum Gasteiger partial charge on any atom is 0.133 e. The molecule has 0 saturated heterocycles. The number of pyridine rings is 1. The van der Waals surface area contributed by atoms with Crippen molar-refractivity contribution in [3.05, 3.63) is 29.0 Å². The average Bonchev–Trinajstić information content (AvgIpc) is 2.19. The summed E-state index contributed by atoms with van der Waals surface area (Å²) in [6.07, 6.45) is 2.26. The van der Waals surface area contributed by atoms with E-state index in [1.807, 2.05) is 19.1 Å². The first-order valence-corrected chi connectivity index (χ1v) is 5.95. The van der Waals surface area contributed by atoms with Crippen molar-refractivity contribution < 1.29 is 5.11 Å². The first-order valence-electron chi connectivity index (χ1n) is 5.57. The summed E-state index contributed by atoms with van der Waals surface area (Å²) in [7, 11) is 0. The van der Waals surface area contributed by atoms with Gasteiger partial charge >= 0.3 is 0 Å². The van der Waals surface area contributed by atoms with Gasteiger partial charge in [0.15, 0.2) is 0 Å². The van der Waals surface area contributed by atoms with Crippen molar-refractivity contribution in [1.29, 1.82) is 0 Å². The fourth-order valence-electron chi connectivity index (χ4n) is 1.67. The maximum atomic E-state index is 9.22. The number of aromatic nitrogens is 1. The van der Waals surface area contributed by atoms with Crippen LogP contribution in [0.4, 0.5) is 0 Å². The fourth-order valence-corrected chi connectivity index (χ4v) is 1.86. The van der Waals surface area contributed by atoms with E-state index in [0.717, 1.165) is 25.1 Å². The Labute approximate surface area is 102 Å². The minimum absolute atomic E-state index is 0.237. The molecule has 16 heavy (non-hydrogen) atoms. The Morgan fingerprint density at radius 3 is 2.88 bits per heavy atom. The lowest BCUT2D eigenvalue weighted by atomic mass is 10.0. The molecule has 1 heterocycles. The molecule has 0 spiro atoms. The van der Waals surface area contributed by atoms with E-state index in [1.54, 1.807) is 6.20 Å². The van der Waals surface area contributed by atoms with Gasteiger partial charge in [-0.1, -0.05) is 24.6 Å². The van der Waals surface area contributed by atoms with Gasteiger partial charge in [-0.15, -0.1) is 0 Å². The molecule has 0 bridgehead atoms. The van der Waals surface area contributed by atoms with Crippen molar-refractivity contribution in [2.75, 3.05) is 6.54 Å². The standard InChI is InChI=1S/C12H19ClN2O/c1-9(6-10(2)16)7-14-8-11-4-3-5-15-12(11)13/h3-5,9-10,14,16H,6-8H2,1-2H3. The topological polar surface area (TPSA) is 45.1 Å². The quantitative estimate of drug-likeness (QED) is 0.752. The lowest BCUT2D eigenvalue weighted by Gasteiger charge is -2.14. The molecule has 90 valence electrons. The van der Waals surface area contributed by atoms with E-state index >= 15 is 0 Å². The molecule has 0 aliphatic carbocycles. The van der Waals surface area contributed by atoms with Crippen LogP contribution in [-0.2, 0) is 6.54 Å². The monoisotopic (exact) mass is 242 g/mol. The third kappa shape index (κ3) is 4.92. The highest BCUT2D eigenvalue weighted by Gasteiger charge is 2.06. The molecule has 1 rings (SSSR count). The number of nitrogens with one attached hydrogen (secondary N) is 1. The van der Waals surface area contributed by atoms with Gasteiger partial charge in [0.05, 0.1) is 6.10 Å². The predicted molar refractivity (Wildman–Crippen MR) is 66.4 cm³/mol. The summed E-state index contributed by atoms with van der Waals surface area (Å²) in [6.45, 7) is 5.52. The van der Waals surface area contributed by atoms with E-state index in [-0.39, 0.29) is 6.10 Å². The van der Waals surface area contributed by atoms with Crippen LogP contribution in [0.2, 0.25) is 5.15 Å². The van der Waals surface area contributed by atoms with Crippen LogP contribution in [0, 0.1) is 5.92 Å². The number of halogens is 1. The molecule has 0 saturated carbocycles. The average molecular weight is 243 g/mol. The highest BCUT2D eigenvalue weighted by atomic mass is 35.5. The molecule has 0 radical (unpaired) electrons. The number of nitrogens with zero attached hydrogens (tertiary/aromatic N) is 1. The second kappa shape index (κ2) is 6.84. The van der Waals surface area contributed by atoms with Gasteiger partial charge in [0.1, 0.15) is 5.15 Å². The fraction of sp³-hybridized carbons (Fsp3) is 0.583. The van der Waals surface area contributed by atoms with Gasteiger partial charge in [0, 0.05) is 18.3 Å². The van der Waals surface area contributed by atoms with Gasteiger partial charge in [0.2, 0.25) is 0 Å².